The first-order valence-electron chi connectivity index (χ1n) is 8.00. The molecule has 2 aliphatic heterocycles. The molecule has 1 aromatic carbocycles. The minimum atomic E-state index is -0.164. The van der Waals surface area contributed by atoms with Crippen LogP contribution in [0.1, 0.15) is 23.1 Å². The van der Waals surface area contributed by atoms with Crippen LogP contribution in [0.15, 0.2) is 36.5 Å². The van der Waals surface area contributed by atoms with Crippen molar-refractivity contribution in [2.45, 2.75) is 25.3 Å². The van der Waals surface area contributed by atoms with Gasteiger partial charge in [0.25, 0.3) is 0 Å². The summed E-state index contributed by atoms with van der Waals surface area (Å²) in [5, 5.41) is 3.46. The number of fused-ring (bicyclic) bond motifs is 3. The standard InChI is InChI=1S/C18H20FN3/c19-15-3-1-2-13(11-15)10-14-6-7-21-18-17(14)5-4-16-12-20-8-9-22(16)18/h1-3,6-7,11,16,20H,4-5,8-10,12H2/t16-/m1/s1. The molecule has 1 N–H and O–H groups in total. The van der Waals surface area contributed by atoms with E-state index >= 15 is 0 Å². The van der Waals surface area contributed by atoms with E-state index in [1.54, 1.807) is 12.1 Å². The summed E-state index contributed by atoms with van der Waals surface area (Å²) in [6, 6.07) is 9.56. The Morgan fingerprint density at radius 1 is 1.32 bits per heavy atom. The number of rotatable bonds is 2. The lowest BCUT2D eigenvalue weighted by Crippen LogP contribution is -2.53. The van der Waals surface area contributed by atoms with E-state index in [9.17, 15) is 4.39 Å². The zero-order valence-electron chi connectivity index (χ0n) is 12.6. The average molecular weight is 297 g/mol. The van der Waals surface area contributed by atoms with Gasteiger partial charge in [-0.15, -0.1) is 0 Å². The molecular formula is C18H20FN3. The van der Waals surface area contributed by atoms with E-state index < -0.39 is 0 Å². The number of hydrogen-bond acceptors (Lipinski definition) is 3. The number of aromatic nitrogens is 1. The first kappa shape index (κ1) is 13.7. The second-order valence-corrected chi connectivity index (χ2v) is 6.17. The van der Waals surface area contributed by atoms with Crippen molar-refractivity contribution in [2.75, 3.05) is 24.5 Å². The highest BCUT2D eigenvalue weighted by molar-refractivity contribution is 5.55. The molecule has 0 unspecified atom stereocenters. The molecule has 0 aliphatic carbocycles. The Balaban J connectivity index is 1.67. The van der Waals surface area contributed by atoms with Crippen molar-refractivity contribution in [2.24, 2.45) is 0 Å². The summed E-state index contributed by atoms with van der Waals surface area (Å²) in [7, 11) is 0. The minimum Gasteiger partial charge on any atom is -0.351 e. The Labute approximate surface area is 130 Å². The molecule has 22 heavy (non-hydrogen) atoms. The maximum absolute atomic E-state index is 13.4. The molecule has 4 rings (SSSR count). The van der Waals surface area contributed by atoms with Gasteiger partial charge < -0.3 is 10.2 Å². The van der Waals surface area contributed by atoms with Gasteiger partial charge in [0.1, 0.15) is 11.6 Å². The van der Waals surface area contributed by atoms with E-state index in [2.05, 4.69) is 21.3 Å². The van der Waals surface area contributed by atoms with Crippen LogP contribution in [-0.4, -0.2) is 30.7 Å². The van der Waals surface area contributed by atoms with E-state index in [0.717, 1.165) is 43.9 Å². The molecule has 3 heterocycles. The lowest BCUT2D eigenvalue weighted by atomic mass is 9.91. The van der Waals surface area contributed by atoms with Gasteiger partial charge in [0.05, 0.1) is 0 Å². The normalized spacial score (nSPS) is 20.4. The molecule has 1 aromatic heterocycles. The third kappa shape index (κ3) is 2.48. The average Bonchev–Trinajstić information content (AvgIpc) is 2.55. The summed E-state index contributed by atoms with van der Waals surface area (Å²) >= 11 is 0. The molecule has 0 bridgehead atoms. The highest BCUT2D eigenvalue weighted by Crippen LogP contribution is 2.32. The topological polar surface area (TPSA) is 28.2 Å². The van der Waals surface area contributed by atoms with Gasteiger partial charge in [-0.2, -0.15) is 0 Å². The molecule has 0 saturated carbocycles. The molecule has 0 spiro atoms. The van der Waals surface area contributed by atoms with Crippen LogP contribution in [0.2, 0.25) is 0 Å². The minimum absolute atomic E-state index is 0.164. The molecule has 0 radical (unpaired) electrons. The van der Waals surface area contributed by atoms with E-state index in [1.165, 1.54) is 23.6 Å². The van der Waals surface area contributed by atoms with Crippen LogP contribution < -0.4 is 10.2 Å². The third-order valence-corrected chi connectivity index (χ3v) is 4.76. The second-order valence-electron chi connectivity index (χ2n) is 6.17. The van der Waals surface area contributed by atoms with Gasteiger partial charge in [-0.25, -0.2) is 9.37 Å². The number of nitrogens with zero attached hydrogens (tertiary/aromatic N) is 2. The predicted octanol–water partition coefficient (Wildman–Crippen LogP) is 2.54. The summed E-state index contributed by atoms with van der Waals surface area (Å²) < 4.78 is 13.4. The fraction of sp³-hybridized carbons (Fsp3) is 0.389. The highest BCUT2D eigenvalue weighted by Gasteiger charge is 2.30. The Kier molecular flexibility index (Phi) is 3.54. The smallest absolute Gasteiger partial charge is 0.132 e. The van der Waals surface area contributed by atoms with Gasteiger partial charge in [-0.1, -0.05) is 12.1 Å². The van der Waals surface area contributed by atoms with Gasteiger partial charge in [-0.3, -0.25) is 0 Å². The zero-order valence-corrected chi connectivity index (χ0v) is 12.6. The summed E-state index contributed by atoms with van der Waals surface area (Å²) in [6.07, 6.45) is 4.91. The molecule has 4 heteroatoms. The van der Waals surface area contributed by atoms with Crippen LogP contribution in [0.4, 0.5) is 10.2 Å². The van der Waals surface area contributed by atoms with Gasteiger partial charge in [0.2, 0.25) is 0 Å². The van der Waals surface area contributed by atoms with Crippen molar-refractivity contribution < 1.29 is 4.39 Å². The molecular weight excluding hydrogens is 277 g/mol. The highest BCUT2D eigenvalue weighted by atomic mass is 19.1. The number of piperazine rings is 1. The Hall–Kier alpha value is -1.94. The number of anilines is 1. The fourth-order valence-corrected chi connectivity index (χ4v) is 3.68. The van der Waals surface area contributed by atoms with Crippen molar-refractivity contribution in [3.63, 3.8) is 0 Å². The van der Waals surface area contributed by atoms with Gasteiger partial charge in [-0.05, 0) is 54.2 Å². The maximum Gasteiger partial charge on any atom is 0.132 e. The molecule has 1 fully saturated rings. The van der Waals surface area contributed by atoms with Crippen LogP contribution in [-0.2, 0) is 12.8 Å². The summed E-state index contributed by atoms with van der Waals surface area (Å²) in [6.45, 7) is 3.09. The predicted molar refractivity (Wildman–Crippen MR) is 85.8 cm³/mol. The van der Waals surface area contributed by atoms with Crippen molar-refractivity contribution in [3.8, 4) is 0 Å². The molecule has 3 nitrogen and oxygen atoms in total. The quantitative estimate of drug-likeness (QED) is 0.923. The zero-order chi connectivity index (χ0) is 14.9. The number of halogens is 1. The van der Waals surface area contributed by atoms with Crippen molar-refractivity contribution in [1.82, 2.24) is 10.3 Å². The summed E-state index contributed by atoms with van der Waals surface area (Å²) in [5.41, 5.74) is 3.66. The largest absolute Gasteiger partial charge is 0.351 e. The van der Waals surface area contributed by atoms with E-state index in [1.807, 2.05) is 12.3 Å². The number of hydrogen-bond donors (Lipinski definition) is 1. The molecule has 114 valence electrons. The number of pyridine rings is 1. The number of nitrogens with one attached hydrogen (secondary N) is 1. The number of benzene rings is 1. The van der Waals surface area contributed by atoms with Crippen LogP contribution in [0, 0.1) is 5.82 Å². The lowest BCUT2D eigenvalue weighted by molar-refractivity contribution is 0.435. The van der Waals surface area contributed by atoms with Gasteiger partial charge in [0, 0.05) is 31.9 Å². The summed E-state index contributed by atoms with van der Waals surface area (Å²) in [5.74, 6) is 0.981. The Morgan fingerprint density at radius 2 is 2.27 bits per heavy atom. The molecule has 1 atom stereocenters. The maximum atomic E-state index is 13.4. The third-order valence-electron chi connectivity index (χ3n) is 4.76. The van der Waals surface area contributed by atoms with Crippen LogP contribution in [0.5, 0.6) is 0 Å². The van der Waals surface area contributed by atoms with Crippen LogP contribution in [0.25, 0.3) is 0 Å². The molecule has 1 saturated heterocycles. The lowest BCUT2D eigenvalue weighted by Gasteiger charge is -2.42. The monoisotopic (exact) mass is 297 g/mol. The Bertz CT molecular complexity index is 686. The van der Waals surface area contributed by atoms with E-state index in [4.69, 9.17) is 0 Å². The second kappa shape index (κ2) is 5.69. The Morgan fingerprint density at radius 3 is 3.18 bits per heavy atom. The van der Waals surface area contributed by atoms with Crippen molar-refractivity contribution in [3.05, 3.63) is 59.0 Å². The first-order chi connectivity index (χ1) is 10.8. The first-order valence-corrected chi connectivity index (χ1v) is 8.00. The van der Waals surface area contributed by atoms with E-state index in [0.29, 0.717) is 6.04 Å². The van der Waals surface area contributed by atoms with Crippen molar-refractivity contribution in [1.29, 1.82) is 0 Å². The SMILES string of the molecule is Fc1cccc(Cc2ccnc3c2CC[C@@H]2CNCCN32)c1. The van der Waals surface area contributed by atoms with Crippen LogP contribution in [0.3, 0.4) is 0 Å². The van der Waals surface area contributed by atoms with Crippen LogP contribution >= 0.6 is 0 Å². The molecule has 0 amide bonds. The van der Waals surface area contributed by atoms with E-state index in [-0.39, 0.29) is 5.82 Å². The van der Waals surface area contributed by atoms with Crippen molar-refractivity contribution >= 4 is 5.82 Å². The van der Waals surface area contributed by atoms with Gasteiger partial charge in [0.15, 0.2) is 0 Å². The van der Waals surface area contributed by atoms with Gasteiger partial charge >= 0.3 is 0 Å². The summed E-state index contributed by atoms with van der Waals surface area (Å²) in [4.78, 5) is 7.10. The molecule has 2 aliphatic rings. The fourth-order valence-electron chi connectivity index (χ4n) is 3.68. The molecule has 2 aromatic rings.